The van der Waals surface area contributed by atoms with Gasteiger partial charge in [-0.2, -0.15) is 5.10 Å². The summed E-state index contributed by atoms with van der Waals surface area (Å²) in [5.74, 6) is 0.782. The van der Waals surface area contributed by atoms with E-state index in [1.165, 1.54) is 29.8 Å². The van der Waals surface area contributed by atoms with Gasteiger partial charge in [0, 0.05) is 36.7 Å². The number of H-pyrrole nitrogens is 1. The minimum atomic E-state index is 0. The third-order valence-corrected chi connectivity index (χ3v) is 2.80. The van der Waals surface area contributed by atoms with Crippen molar-refractivity contribution >= 4 is 24.8 Å². The Hall–Kier alpha value is -0.250. The topological polar surface area (TPSA) is 40.7 Å². The molecule has 2 heterocycles. The highest BCUT2D eigenvalue weighted by molar-refractivity contribution is 5.85. The van der Waals surface area contributed by atoms with E-state index in [4.69, 9.17) is 0 Å². The molecule has 14 heavy (non-hydrogen) atoms. The zero-order valence-corrected chi connectivity index (χ0v) is 9.51. The fourth-order valence-corrected chi connectivity index (χ4v) is 1.94. The van der Waals surface area contributed by atoms with E-state index < -0.39 is 0 Å². The molecule has 1 saturated carbocycles. The summed E-state index contributed by atoms with van der Waals surface area (Å²) < 4.78 is 0. The second-order valence-corrected chi connectivity index (χ2v) is 3.77. The molecule has 0 saturated heterocycles. The molecule has 3 nitrogen and oxygen atoms in total. The van der Waals surface area contributed by atoms with E-state index in [-0.39, 0.29) is 24.8 Å². The van der Waals surface area contributed by atoms with Crippen molar-refractivity contribution in [2.75, 3.05) is 6.54 Å². The van der Waals surface area contributed by atoms with Gasteiger partial charge in [0.25, 0.3) is 0 Å². The third-order valence-electron chi connectivity index (χ3n) is 2.80. The van der Waals surface area contributed by atoms with Crippen molar-refractivity contribution in [3.63, 3.8) is 0 Å². The van der Waals surface area contributed by atoms with Gasteiger partial charge < -0.3 is 5.32 Å². The number of rotatable bonds is 1. The Morgan fingerprint density at radius 2 is 2.00 bits per heavy atom. The van der Waals surface area contributed by atoms with Crippen molar-refractivity contribution in [1.82, 2.24) is 15.5 Å². The molecular formula is C9H15Cl2N3. The van der Waals surface area contributed by atoms with Crippen LogP contribution in [-0.4, -0.2) is 16.7 Å². The third kappa shape index (κ3) is 1.90. The Kier molecular flexibility index (Phi) is 3.81. The van der Waals surface area contributed by atoms with Crippen LogP contribution in [0, 0.1) is 0 Å². The lowest BCUT2D eigenvalue weighted by Crippen LogP contribution is -2.23. The van der Waals surface area contributed by atoms with E-state index in [9.17, 15) is 0 Å². The molecule has 1 aliphatic carbocycles. The Bertz CT molecular complexity index is 307. The van der Waals surface area contributed by atoms with Crippen LogP contribution in [0.2, 0.25) is 0 Å². The van der Waals surface area contributed by atoms with Crippen LogP contribution in [0.5, 0.6) is 0 Å². The van der Waals surface area contributed by atoms with Gasteiger partial charge in [0.2, 0.25) is 0 Å². The largest absolute Gasteiger partial charge is 0.312 e. The summed E-state index contributed by atoms with van der Waals surface area (Å²) >= 11 is 0. The Morgan fingerprint density at radius 3 is 2.71 bits per heavy atom. The predicted octanol–water partition coefficient (Wildman–Crippen LogP) is 1.78. The molecule has 3 rings (SSSR count). The SMILES string of the molecule is C1Cc2[nH]nc(C3CC3)c2CN1.Cl.Cl. The van der Waals surface area contributed by atoms with Crippen molar-refractivity contribution in [3.8, 4) is 0 Å². The van der Waals surface area contributed by atoms with Crippen molar-refractivity contribution in [1.29, 1.82) is 0 Å². The highest BCUT2D eigenvalue weighted by atomic mass is 35.5. The standard InChI is InChI=1S/C9H13N3.2ClH/c1-2-6(1)9-7-5-10-4-3-8(7)11-12-9;;/h6,10H,1-5H2,(H,11,12);2*1H. The highest BCUT2D eigenvalue weighted by Crippen LogP contribution is 2.41. The van der Waals surface area contributed by atoms with Crippen molar-refractivity contribution in [2.24, 2.45) is 0 Å². The van der Waals surface area contributed by atoms with Crippen LogP contribution in [-0.2, 0) is 13.0 Å². The van der Waals surface area contributed by atoms with Gasteiger partial charge in [-0.25, -0.2) is 0 Å². The Morgan fingerprint density at radius 1 is 1.21 bits per heavy atom. The molecule has 1 aliphatic heterocycles. The van der Waals surface area contributed by atoms with E-state index in [1.807, 2.05) is 0 Å². The molecule has 2 N–H and O–H groups in total. The highest BCUT2D eigenvalue weighted by Gasteiger charge is 2.30. The maximum atomic E-state index is 4.39. The quantitative estimate of drug-likeness (QED) is 0.780. The lowest BCUT2D eigenvalue weighted by Gasteiger charge is -2.12. The summed E-state index contributed by atoms with van der Waals surface area (Å²) in [6.45, 7) is 2.12. The molecule has 0 aromatic carbocycles. The van der Waals surface area contributed by atoms with Crippen LogP contribution in [0.3, 0.4) is 0 Å². The lowest BCUT2D eigenvalue weighted by atomic mass is 10.1. The van der Waals surface area contributed by atoms with Crippen molar-refractivity contribution in [3.05, 3.63) is 17.0 Å². The summed E-state index contributed by atoms with van der Waals surface area (Å²) in [4.78, 5) is 0. The van der Waals surface area contributed by atoms with Crippen LogP contribution in [0.25, 0.3) is 0 Å². The van der Waals surface area contributed by atoms with Crippen LogP contribution in [0.15, 0.2) is 0 Å². The van der Waals surface area contributed by atoms with Gasteiger partial charge in [-0.1, -0.05) is 0 Å². The second kappa shape index (κ2) is 4.51. The molecule has 5 heteroatoms. The first kappa shape index (κ1) is 11.8. The Balaban J connectivity index is 0.000000490. The van der Waals surface area contributed by atoms with E-state index in [0.717, 1.165) is 25.4 Å². The Labute approximate surface area is 95.9 Å². The molecule has 1 aromatic heterocycles. The zero-order chi connectivity index (χ0) is 7.97. The molecule has 2 aliphatic rings. The summed E-state index contributed by atoms with van der Waals surface area (Å²) in [5, 5.41) is 10.9. The number of aromatic nitrogens is 2. The summed E-state index contributed by atoms with van der Waals surface area (Å²) in [5.41, 5.74) is 4.18. The first-order valence-electron chi connectivity index (χ1n) is 4.72. The van der Waals surface area contributed by atoms with E-state index in [1.54, 1.807) is 0 Å². The maximum absolute atomic E-state index is 4.39. The number of nitrogens with one attached hydrogen (secondary N) is 2. The summed E-state index contributed by atoms with van der Waals surface area (Å²) in [6.07, 6.45) is 3.81. The number of halogens is 2. The smallest absolute Gasteiger partial charge is 0.0700 e. The van der Waals surface area contributed by atoms with Crippen molar-refractivity contribution in [2.45, 2.75) is 31.7 Å². The number of aromatic amines is 1. The molecule has 0 radical (unpaired) electrons. The predicted molar refractivity (Wildman–Crippen MR) is 60.5 cm³/mol. The number of nitrogens with zero attached hydrogens (tertiary/aromatic N) is 1. The first-order chi connectivity index (χ1) is 5.95. The van der Waals surface area contributed by atoms with Crippen LogP contribution < -0.4 is 5.32 Å². The van der Waals surface area contributed by atoms with Crippen LogP contribution in [0.1, 0.15) is 35.7 Å². The molecule has 0 unspecified atom stereocenters. The molecule has 1 aromatic rings. The van der Waals surface area contributed by atoms with Gasteiger partial charge in [0.15, 0.2) is 0 Å². The summed E-state index contributed by atoms with van der Waals surface area (Å²) in [6, 6.07) is 0. The van der Waals surface area contributed by atoms with E-state index in [2.05, 4.69) is 15.5 Å². The number of hydrogen-bond donors (Lipinski definition) is 2. The minimum Gasteiger partial charge on any atom is -0.312 e. The minimum absolute atomic E-state index is 0. The zero-order valence-electron chi connectivity index (χ0n) is 7.88. The molecule has 0 amide bonds. The second-order valence-electron chi connectivity index (χ2n) is 3.77. The molecular weight excluding hydrogens is 221 g/mol. The van der Waals surface area contributed by atoms with E-state index in [0.29, 0.717) is 0 Å². The molecule has 0 spiro atoms. The first-order valence-corrected chi connectivity index (χ1v) is 4.72. The molecule has 80 valence electrons. The average molecular weight is 236 g/mol. The van der Waals surface area contributed by atoms with Gasteiger partial charge in [0.1, 0.15) is 0 Å². The van der Waals surface area contributed by atoms with E-state index >= 15 is 0 Å². The summed E-state index contributed by atoms with van der Waals surface area (Å²) in [7, 11) is 0. The molecule has 0 atom stereocenters. The van der Waals surface area contributed by atoms with Gasteiger partial charge in [-0.3, -0.25) is 5.10 Å². The monoisotopic (exact) mass is 235 g/mol. The van der Waals surface area contributed by atoms with Gasteiger partial charge >= 0.3 is 0 Å². The van der Waals surface area contributed by atoms with Crippen LogP contribution in [0.4, 0.5) is 0 Å². The normalized spacial score (nSPS) is 19.1. The maximum Gasteiger partial charge on any atom is 0.0700 e. The average Bonchev–Trinajstić information content (AvgIpc) is 2.86. The van der Waals surface area contributed by atoms with Gasteiger partial charge in [-0.05, 0) is 12.8 Å². The van der Waals surface area contributed by atoms with Crippen LogP contribution >= 0.6 is 24.8 Å². The van der Waals surface area contributed by atoms with Gasteiger partial charge in [0.05, 0.1) is 5.69 Å². The fraction of sp³-hybridized carbons (Fsp3) is 0.667. The van der Waals surface area contributed by atoms with Crippen molar-refractivity contribution < 1.29 is 0 Å². The fourth-order valence-electron chi connectivity index (χ4n) is 1.94. The lowest BCUT2D eigenvalue weighted by molar-refractivity contribution is 0.634. The van der Waals surface area contributed by atoms with Gasteiger partial charge in [-0.15, -0.1) is 24.8 Å². The number of hydrogen-bond acceptors (Lipinski definition) is 2. The number of fused-ring (bicyclic) bond motifs is 1. The molecule has 1 fully saturated rings. The molecule has 0 bridgehead atoms.